The Morgan fingerprint density at radius 2 is 1.66 bits per heavy atom. The van der Waals surface area contributed by atoms with Crippen LogP contribution in [0.15, 0.2) is 84.9 Å². The fraction of sp³-hybridized carbons (Fsp3) is 0.281. The number of rotatable bonds is 12. The van der Waals surface area contributed by atoms with Crippen LogP contribution in [0.3, 0.4) is 0 Å². The number of nitrogens with one attached hydrogen (secondary N) is 2. The molecule has 0 spiro atoms. The number of non-ortho nitro benzene ring substituents is 1. The number of hydrogen-bond acceptors (Lipinski definition) is 9. The molecule has 0 bridgehead atoms. The number of carbonyl (C=O) groups excluding carboxylic acids is 4. The van der Waals surface area contributed by atoms with E-state index in [-0.39, 0.29) is 24.4 Å². The Hall–Kier alpha value is -5.44. The van der Waals surface area contributed by atoms with E-state index in [4.69, 9.17) is 4.74 Å². The van der Waals surface area contributed by atoms with Gasteiger partial charge in [-0.15, -0.1) is 11.8 Å². The van der Waals surface area contributed by atoms with E-state index < -0.39 is 56.7 Å². The summed E-state index contributed by atoms with van der Waals surface area (Å²) in [7, 11) is 0. The second-order valence-corrected chi connectivity index (χ2v) is 13.1. The van der Waals surface area contributed by atoms with E-state index in [1.165, 1.54) is 40.9 Å². The van der Waals surface area contributed by atoms with E-state index in [1.54, 1.807) is 74.5 Å². The van der Waals surface area contributed by atoms with Crippen LogP contribution in [0.1, 0.15) is 36.6 Å². The summed E-state index contributed by atoms with van der Waals surface area (Å²) in [6.07, 6.45) is -1.10. The van der Waals surface area contributed by atoms with Crippen molar-refractivity contribution < 1.29 is 38.7 Å². The van der Waals surface area contributed by atoms with Crippen molar-refractivity contribution in [1.82, 2.24) is 20.4 Å². The highest BCUT2D eigenvalue weighted by Crippen LogP contribution is 2.56. The van der Waals surface area contributed by atoms with Gasteiger partial charge in [0.05, 0.1) is 16.2 Å². The van der Waals surface area contributed by atoms with Crippen LogP contribution in [0.25, 0.3) is 0 Å². The van der Waals surface area contributed by atoms with Crippen LogP contribution in [0.4, 0.5) is 10.5 Å². The molecule has 0 aliphatic carbocycles. The second kappa shape index (κ2) is 13.1. The smallest absolute Gasteiger partial charge is 0.408 e. The summed E-state index contributed by atoms with van der Waals surface area (Å²) in [5.41, 5.74) is -1.03. The molecule has 15 heteroatoms. The van der Waals surface area contributed by atoms with Gasteiger partial charge in [-0.05, 0) is 30.5 Å². The fourth-order valence-electron chi connectivity index (χ4n) is 5.82. The number of amides is 4. The molecule has 47 heavy (non-hydrogen) atoms. The van der Waals surface area contributed by atoms with Crippen molar-refractivity contribution in [1.29, 1.82) is 0 Å². The van der Waals surface area contributed by atoms with Gasteiger partial charge in [0.25, 0.3) is 11.6 Å². The third kappa shape index (κ3) is 6.08. The summed E-state index contributed by atoms with van der Waals surface area (Å²) in [6.45, 7) is 2.77. The van der Waals surface area contributed by atoms with Crippen LogP contribution in [-0.2, 0) is 37.1 Å². The molecule has 0 saturated carbocycles. The molecule has 14 nitrogen and oxygen atoms in total. The van der Waals surface area contributed by atoms with E-state index in [9.17, 15) is 39.2 Å². The molecule has 2 fully saturated rings. The zero-order chi connectivity index (χ0) is 33.9. The third-order valence-corrected chi connectivity index (χ3v) is 9.78. The van der Waals surface area contributed by atoms with Gasteiger partial charge in [-0.25, -0.2) is 9.59 Å². The number of thioether (sulfide) groups is 1. The zero-order valence-corrected chi connectivity index (χ0v) is 26.1. The van der Waals surface area contributed by atoms with Gasteiger partial charge >= 0.3 is 12.1 Å². The van der Waals surface area contributed by atoms with Crippen LogP contribution >= 0.6 is 11.8 Å². The number of esters is 1. The van der Waals surface area contributed by atoms with Crippen molar-refractivity contribution in [2.24, 2.45) is 0 Å². The maximum absolute atomic E-state index is 14.5. The van der Waals surface area contributed by atoms with Gasteiger partial charge in [-0.3, -0.25) is 34.3 Å². The number of fused-ring (bicyclic) bond motifs is 1. The Balaban J connectivity index is 1.55. The number of nitrogens with zero attached hydrogens (tertiary/aromatic N) is 3. The van der Waals surface area contributed by atoms with E-state index in [0.717, 1.165) is 4.90 Å². The normalized spacial score (nSPS) is 21.4. The van der Waals surface area contributed by atoms with Crippen molar-refractivity contribution in [3.8, 4) is 0 Å². The second-order valence-electron chi connectivity index (χ2n) is 11.4. The van der Waals surface area contributed by atoms with Gasteiger partial charge in [-0.2, -0.15) is 0 Å². The first-order chi connectivity index (χ1) is 22.4. The monoisotopic (exact) mass is 661 g/mol. The number of nitro groups is 1. The standard InChI is InChI=1S/C32H31N5O9S/c1-31(2)32(29(41)46-18-21-9-5-3-6-10-21,36-27(40)24(33-19-38)28(36)47-31)34-26(39)25(22-11-7-4-8-12-22)35(30(42)43)17-20-13-15-23(16-14-20)37(44)45/h3-16,19,24-25,28H,17-18H2,1-2H3,(H,33,38)(H,34,39)(H,42,43)/t24-,25?,28+,32-/m0/s1. The molecule has 2 aliphatic rings. The lowest BCUT2D eigenvalue weighted by molar-refractivity contribution is -0.384. The Labute approximate surface area is 273 Å². The van der Waals surface area contributed by atoms with Crippen LogP contribution in [0, 0.1) is 10.1 Å². The number of β-lactam (4-membered cyclic amide) rings is 1. The zero-order valence-electron chi connectivity index (χ0n) is 25.3. The van der Waals surface area contributed by atoms with Gasteiger partial charge in [0.1, 0.15) is 24.1 Å². The summed E-state index contributed by atoms with van der Waals surface area (Å²) in [5.74, 6) is -2.50. The fourth-order valence-corrected chi connectivity index (χ4v) is 7.53. The highest BCUT2D eigenvalue weighted by atomic mass is 32.2. The van der Waals surface area contributed by atoms with Gasteiger partial charge in [0, 0.05) is 12.1 Å². The Kier molecular flexibility index (Phi) is 9.19. The molecule has 3 aromatic carbocycles. The van der Waals surface area contributed by atoms with Crippen molar-refractivity contribution in [2.75, 3.05) is 0 Å². The van der Waals surface area contributed by atoms with Crippen molar-refractivity contribution in [2.45, 2.75) is 54.9 Å². The lowest BCUT2D eigenvalue weighted by atomic mass is 9.87. The minimum absolute atomic E-state index is 0.176. The first-order valence-corrected chi connectivity index (χ1v) is 15.3. The summed E-state index contributed by atoms with van der Waals surface area (Å²) in [5, 5.41) is 26.0. The molecule has 2 saturated heterocycles. The maximum Gasteiger partial charge on any atom is 0.408 e. The van der Waals surface area contributed by atoms with E-state index in [2.05, 4.69) is 10.6 Å². The van der Waals surface area contributed by atoms with Gasteiger partial charge in [0.2, 0.25) is 18.0 Å². The molecule has 2 heterocycles. The molecule has 2 aliphatic heterocycles. The predicted octanol–water partition coefficient (Wildman–Crippen LogP) is 3.18. The molecule has 5 rings (SSSR count). The minimum atomic E-state index is -2.11. The van der Waals surface area contributed by atoms with Crippen molar-refractivity contribution >= 4 is 47.7 Å². The van der Waals surface area contributed by atoms with E-state index in [1.807, 2.05) is 0 Å². The molecule has 4 amide bonds. The summed E-state index contributed by atoms with van der Waals surface area (Å²) >= 11 is 1.18. The van der Waals surface area contributed by atoms with Gasteiger partial charge in [-0.1, -0.05) is 72.8 Å². The average Bonchev–Trinajstić information content (AvgIpc) is 3.26. The number of nitro benzene ring substituents is 1. The molecule has 0 aromatic heterocycles. The molecule has 4 atom stereocenters. The molecule has 0 radical (unpaired) electrons. The molecule has 1 unspecified atom stereocenters. The molecular weight excluding hydrogens is 630 g/mol. The third-order valence-electron chi connectivity index (χ3n) is 8.17. The van der Waals surface area contributed by atoms with Gasteiger partial charge < -0.3 is 20.5 Å². The number of hydrogen-bond donors (Lipinski definition) is 3. The molecule has 3 N–H and O–H groups in total. The van der Waals surface area contributed by atoms with Crippen LogP contribution < -0.4 is 10.6 Å². The van der Waals surface area contributed by atoms with Gasteiger partial charge in [0.15, 0.2) is 0 Å². The minimum Gasteiger partial charge on any atom is -0.465 e. The maximum atomic E-state index is 14.5. The Bertz CT molecular complexity index is 1690. The van der Waals surface area contributed by atoms with E-state index >= 15 is 0 Å². The summed E-state index contributed by atoms with van der Waals surface area (Å²) in [4.78, 5) is 78.8. The lowest BCUT2D eigenvalue weighted by Crippen LogP contribution is -2.80. The predicted molar refractivity (Wildman–Crippen MR) is 168 cm³/mol. The van der Waals surface area contributed by atoms with Crippen LogP contribution in [0.5, 0.6) is 0 Å². The largest absolute Gasteiger partial charge is 0.465 e. The number of benzene rings is 3. The number of carbonyl (C=O) groups is 5. The quantitative estimate of drug-likeness (QED) is 0.0855. The van der Waals surface area contributed by atoms with E-state index in [0.29, 0.717) is 17.5 Å². The van der Waals surface area contributed by atoms with Crippen molar-refractivity contribution in [3.63, 3.8) is 0 Å². The Morgan fingerprint density at radius 1 is 1.04 bits per heavy atom. The first kappa shape index (κ1) is 32.9. The first-order valence-electron chi connectivity index (χ1n) is 14.4. The van der Waals surface area contributed by atoms with Crippen LogP contribution in [0.2, 0.25) is 0 Å². The van der Waals surface area contributed by atoms with Crippen molar-refractivity contribution in [3.05, 3.63) is 112 Å². The van der Waals surface area contributed by atoms with Crippen LogP contribution in [-0.4, -0.2) is 71.9 Å². The summed E-state index contributed by atoms with van der Waals surface area (Å²) < 4.78 is 4.50. The molecular formula is C32H31N5O9S. The lowest BCUT2D eigenvalue weighted by Gasteiger charge is -2.50. The number of carboxylic acid groups (broad SMARTS) is 1. The highest BCUT2D eigenvalue weighted by Gasteiger charge is 2.74. The molecule has 3 aromatic rings. The topological polar surface area (TPSA) is 188 Å². The average molecular weight is 662 g/mol. The highest BCUT2D eigenvalue weighted by molar-refractivity contribution is 8.01. The Morgan fingerprint density at radius 3 is 2.23 bits per heavy atom. The summed E-state index contributed by atoms with van der Waals surface area (Å²) in [6, 6.07) is 19.5. The molecule has 244 valence electrons. The number of ether oxygens (including phenoxy) is 1. The SMILES string of the molecule is CC1(C)S[C@@H]2[C@@H](NC=O)C(=O)N2[C@@]1(NC(=O)C(c1ccccc1)N(Cc1ccc([N+](=O)[O-])cc1)C(=O)O)C(=O)OCc1ccccc1.